The normalized spacial score (nSPS) is 14.4. The van der Waals surface area contributed by atoms with Crippen molar-refractivity contribution in [1.82, 2.24) is 19.3 Å². The van der Waals surface area contributed by atoms with Crippen LogP contribution in [0, 0.1) is 11.6 Å². The zero-order chi connectivity index (χ0) is 28.3. The number of likely N-dealkylation sites (tertiary alicyclic amines) is 1. The molecule has 1 aromatic carbocycles. The average molecular weight is 547 g/mol. The van der Waals surface area contributed by atoms with Gasteiger partial charge in [-0.3, -0.25) is 19.1 Å². The lowest BCUT2D eigenvalue weighted by Gasteiger charge is -2.23. The fourth-order valence-electron chi connectivity index (χ4n) is 5.96. The molecular formula is C29H28F2N6O3. The van der Waals surface area contributed by atoms with Gasteiger partial charge in [0.25, 0.3) is 5.56 Å². The van der Waals surface area contributed by atoms with Gasteiger partial charge in [0.1, 0.15) is 11.2 Å². The number of hydrogen-bond acceptors (Lipinski definition) is 7. The Balaban J connectivity index is 1.64. The molecule has 2 aliphatic rings. The smallest absolute Gasteiger partial charge is 0.342 e. The van der Waals surface area contributed by atoms with E-state index < -0.39 is 28.7 Å². The standard InChI is InChI=1S/C29H28F2N6O3/c1-32-21-10-20(30)25(31)23-17(21)9-22-24(23)26(35(2)3)18(11-33-22)15-8-16(13-36-6-4-5-7-36)27-34-12-19(29(39)40)28(38)37(27)14-15/h8,10-12,14,32H,4-7,9,13H2,1-3H3,(H,39,40). The van der Waals surface area contributed by atoms with Gasteiger partial charge >= 0.3 is 5.97 Å². The van der Waals surface area contributed by atoms with Gasteiger partial charge in [-0.1, -0.05) is 0 Å². The van der Waals surface area contributed by atoms with E-state index in [0.29, 0.717) is 57.9 Å². The van der Waals surface area contributed by atoms with Crippen LogP contribution in [0.1, 0.15) is 40.0 Å². The first kappa shape index (κ1) is 25.9. The van der Waals surface area contributed by atoms with Crippen LogP contribution in [0.25, 0.3) is 27.9 Å². The minimum atomic E-state index is -1.36. The number of aromatic nitrogens is 3. The number of carbonyl (C=O) groups is 1. The Bertz CT molecular complexity index is 1760. The second-order valence-electron chi connectivity index (χ2n) is 10.4. The van der Waals surface area contributed by atoms with Crippen LogP contribution in [0.2, 0.25) is 0 Å². The molecular weight excluding hydrogens is 518 g/mol. The van der Waals surface area contributed by atoms with Crippen molar-refractivity contribution in [3.8, 4) is 22.3 Å². The molecule has 2 N–H and O–H groups in total. The van der Waals surface area contributed by atoms with Gasteiger partial charge in [-0.2, -0.15) is 0 Å². The molecule has 0 spiro atoms. The summed E-state index contributed by atoms with van der Waals surface area (Å²) in [6.45, 7) is 2.35. The lowest BCUT2D eigenvalue weighted by Crippen LogP contribution is -2.25. The van der Waals surface area contributed by atoms with Crippen LogP contribution in [-0.2, 0) is 13.0 Å². The molecule has 6 rings (SSSR count). The van der Waals surface area contributed by atoms with Crippen LogP contribution >= 0.6 is 0 Å². The van der Waals surface area contributed by atoms with Crippen molar-refractivity contribution in [3.63, 3.8) is 0 Å². The Morgan fingerprint density at radius 3 is 2.55 bits per heavy atom. The number of halogens is 2. The summed E-state index contributed by atoms with van der Waals surface area (Å²) in [5.74, 6) is -3.25. The Morgan fingerprint density at radius 1 is 1.12 bits per heavy atom. The van der Waals surface area contributed by atoms with Crippen molar-refractivity contribution in [3.05, 3.63) is 75.1 Å². The zero-order valence-electron chi connectivity index (χ0n) is 22.4. The van der Waals surface area contributed by atoms with E-state index in [-0.39, 0.29) is 5.56 Å². The maximum Gasteiger partial charge on any atom is 0.342 e. The molecule has 206 valence electrons. The lowest BCUT2D eigenvalue weighted by atomic mass is 9.97. The molecule has 1 aliphatic heterocycles. The summed E-state index contributed by atoms with van der Waals surface area (Å²) < 4.78 is 31.3. The first-order chi connectivity index (χ1) is 19.2. The van der Waals surface area contributed by atoms with Gasteiger partial charge in [-0.05, 0) is 37.6 Å². The molecule has 9 nitrogen and oxygen atoms in total. The second-order valence-corrected chi connectivity index (χ2v) is 10.4. The van der Waals surface area contributed by atoms with Crippen LogP contribution in [0.4, 0.5) is 20.2 Å². The molecule has 4 aromatic rings. The highest BCUT2D eigenvalue weighted by molar-refractivity contribution is 5.96. The van der Waals surface area contributed by atoms with Crippen molar-refractivity contribution >= 4 is 23.0 Å². The summed E-state index contributed by atoms with van der Waals surface area (Å²) in [6, 6.07) is 3.08. The SMILES string of the molecule is CNc1cc(F)c(F)c2c1Cc1ncc(-c3cc(CN4CCCC4)c4ncc(C(=O)O)c(=O)n4c3)c(N(C)C)c1-2. The molecule has 40 heavy (non-hydrogen) atoms. The van der Waals surface area contributed by atoms with Crippen LogP contribution in [0.3, 0.4) is 0 Å². The number of carboxylic acid groups (broad SMARTS) is 1. The van der Waals surface area contributed by atoms with Crippen molar-refractivity contribution in [1.29, 1.82) is 0 Å². The molecule has 0 saturated carbocycles. The van der Waals surface area contributed by atoms with E-state index in [1.54, 1.807) is 19.4 Å². The fourth-order valence-corrected chi connectivity index (χ4v) is 5.96. The van der Waals surface area contributed by atoms with E-state index in [1.807, 2.05) is 25.1 Å². The predicted octanol–water partition coefficient (Wildman–Crippen LogP) is 4.01. The van der Waals surface area contributed by atoms with E-state index in [4.69, 9.17) is 0 Å². The van der Waals surface area contributed by atoms with Crippen LogP contribution in [0.5, 0.6) is 0 Å². The summed E-state index contributed by atoms with van der Waals surface area (Å²) in [4.78, 5) is 38.1. The van der Waals surface area contributed by atoms with Gasteiger partial charge < -0.3 is 15.3 Å². The third-order valence-corrected chi connectivity index (χ3v) is 7.78. The first-order valence-corrected chi connectivity index (χ1v) is 13.1. The highest BCUT2D eigenvalue weighted by Gasteiger charge is 2.33. The number of benzene rings is 1. The van der Waals surface area contributed by atoms with Crippen molar-refractivity contribution in [2.45, 2.75) is 25.8 Å². The number of rotatable bonds is 6. The summed E-state index contributed by atoms with van der Waals surface area (Å²) in [5, 5.41) is 12.5. The molecule has 1 aliphatic carbocycles. The number of carboxylic acids is 1. The minimum absolute atomic E-state index is 0.169. The molecule has 0 bridgehead atoms. The molecule has 0 atom stereocenters. The molecule has 4 heterocycles. The van der Waals surface area contributed by atoms with E-state index in [1.165, 1.54) is 4.40 Å². The van der Waals surface area contributed by atoms with E-state index in [9.17, 15) is 19.1 Å². The van der Waals surface area contributed by atoms with Gasteiger partial charge in [-0.25, -0.2) is 18.6 Å². The first-order valence-electron chi connectivity index (χ1n) is 13.1. The third kappa shape index (κ3) is 4.00. The highest BCUT2D eigenvalue weighted by atomic mass is 19.2. The molecule has 1 fully saturated rings. The molecule has 1 saturated heterocycles. The number of nitrogens with zero attached hydrogens (tertiary/aromatic N) is 5. The van der Waals surface area contributed by atoms with E-state index in [0.717, 1.165) is 43.8 Å². The minimum Gasteiger partial charge on any atom is -0.477 e. The monoisotopic (exact) mass is 546 g/mol. The lowest BCUT2D eigenvalue weighted by molar-refractivity contribution is 0.0694. The van der Waals surface area contributed by atoms with E-state index in [2.05, 4.69) is 20.2 Å². The largest absolute Gasteiger partial charge is 0.477 e. The number of nitrogens with one attached hydrogen (secondary N) is 1. The van der Waals surface area contributed by atoms with Crippen molar-refractivity contribution in [2.24, 2.45) is 0 Å². The molecule has 3 aromatic heterocycles. The summed E-state index contributed by atoms with van der Waals surface area (Å²) in [6.07, 6.45) is 6.81. The highest BCUT2D eigenvalue weighted by Crippen LogP contribution is 2.49. The predicted molar refractivity (Wildman–Crippen MR) is 148 cm³/mol. The summed E-state index contributed by atoms with van der Waals surface area (Å²) in [7, 11) is 5.29. The molecule has 11 heteroatoms. The summed E-state index contributed by atoms with van der Waals surface area (Å²) in [5.41, 5.74) is 4.23. The Morgan fingerprint density at radius 2 is 1.88 bits per heavy atom. The van der Waals surface area contributed by atoms with Crippen molar-refractivity contribution < 1.29 is 18.7 Å². The molecule has 0 amide bonds. The second kappa shape index (κ2) is 9.67. The Hall–Kier alpha value is -4.38. The Labute approximate surface area is 228 Å². The number of anilines is 2. The number of pyridine rings is 2. The van der Waals surface area contributed by atoms with Gasteiger partial charge in [0.05, 0.1) is 11.4 Å². The van der Waals surface area contributed by atoms with Gasteiger partial charge in [0.2, 0.25) is 0 Å². The van der Waals surface area contributed by atoms with Crippen LogP contribution < -0.4 is 15.8 Å². The van der Waals surface area contributed by atoms with E-state index >= 15 is 4.39 Å². The molecule has 0 unspecified atom stereocenters. The quantitative estimate of drug-likeness (QED) is 0.330. The topological polar surface area (TPSA) is 103 Å². The fraction of sp³-hybridized carbons (Fsp3) is 0.310. The van der Waals surface area contributed by atoms with Gasteiger partial charge in [0, 0.05) is 92.3 Å². The zero-order valence-corrected chi connectivity index (χ0v) is 22.4. The maximum atomic E-state index is 15.4. The maximum absolute atomic E-state index is 15.4. The van der Waals surface area contributed by atoms with Gasteiger partial charge in [-0.15, -0.1) is 0 Å². The molecule has 0 radical (unpaired) electrons. The number of fused-ring (bicyclic) bond motifs is 4. The average Bonchev–Trinajstić information content (AvgIpc) is 3.58. The van der Waals surface area contributed by atoms with Crippen LogP contribution in [0.15, 0.2) is 35.5 Å². The number of aromatic carboxylic acids is 1. The third-order valence-electron chi connectivity index (χ3n) is 7.78. The Kier molecular flexibility index (Phi) is 6.25. The summed E-state index contributed by atoms with van der Waals surface area (Å²) >= 11 is 0. The number of hydrogen-bond donors (Lipinski definition) is 2. The van der Waals surface area contributed by atoms with Gasteiger partial charge in [0.15, 0.2) is 11.6 Å². The van der Waals surface area contributed by atoms with Crippen molar-refractivity contribution in [2.75, 3.05) is 44.4 Å². The van der Waals surface area contributed by atoms with Crippen LogP contribution in [-0.4, -0.2) is 64.6 Å².